The number of hydrogen-bond acceptors (Lipinski definition) is 4. The molecule has 4 rings (SSSR count). The molecule has 2 aromatic carbocycles. The molecule has 1 fully saturated rings. The minimum atomic E-state index is -0.255. The molecule has 1 aliphatic rings. The Balaban J connectivity index is 1.58. The number of nitrogens with one attached hydrogen (secondary N) is 1. The first-order chi connectivity index (χ1) is 13.2. The lowest BCUT2D eigenvalue weighted by Gasteiger charge is -2.09. The summed E-state index contributed by atoms with van der Waals surface area (Å²) in [6.45, 7) is 2.67. The average Bonchev–Trinajstić information content (AvgIpc) is 3.45. The third-order valence-electron chi connectivity index (χ3n) is 4.60. The highest BCUT2D eigenvalue weighted by molar-refractivity contribution is 8.00. The van der Waals surface area contributed by atoms with Gasteiger partial charge < -0.3 is 9.73 Å². The number of nitrogens with zero attached hydrogens (tertiary/aromatic N) is 1. The van der Waals surface area contributed by atoms with Gasteiger partial charge in [-0.3, -0.25) is 4.79 Å². The number of rotatable bonds is 7. The van der Waals surface area contributed by atoms with E-state index in [2.05, 4.69) is 5.32 Å². The van der Waals surface area contributed by atoms with Crippen LogP contribution in [0.25, 0.3) is 22.6 Å². The van der Waals surface area contributed by atoms with Crippen LogP contribution in [0.1, 0.15) is 19.8 Å². The van der Waals surface area contributed by atoms with Crippen LogP contribution in [0.5, 0.6) is 0 Å². The third-order valence-corrected chi connectivity index (χ3v) is 5.54. The fourth-order valence-corrected chi connectivity index (χ4v) is 3.61. The molecule has 0 saturated heterocycles. The van der Waals surface area contributed by atoms with Gasteiger partial charge in [0.15, 0.2) is 5.76 Å². The van der Waals surface area contributed by atoms with Crippen LogP contribution in [-0.4, -0.2) is 22.7 Å². The van der Waals surface area contributed by atoms with Crippen molar-refractivity contribution in [1.82, 2.24) is 10.3 Å². The molecule has 0 unspecified atom stereocenters. The Kier molecular flexibility index (Phi) is 5.30. The van der Waals surface area contributed by atoms with Gasteiger partial charge in [-0.2, -0.15) is 0 Å². The minimum absolute atomic E-state index is 0.0348. The Morgan fingerprint density at radius 2 is 1.74 bits per heavy atom. The Morgan fingerprint density at radius 3 is 2.37 bits per heavy atom. The molecule has 5 heteroatoms. The van der Waals surface area contributed by atoms with Gasteiger partial charge in [0, 0.05) is 17.7 Å². The van der Waals surface area contributed by atoms with Crippen molar-refractivity contribution in [3.8, 4) is 22.6 Å². The van der Waals surface area contributed by atoms with Gasteiger partial charge in [-0.25, -0.2) is 4.98 Å². The monoisotopic (exact) mass is 378 g/mol. The van der Waals surface area contributed by atoms with Gasteiger partial charge in [0.2, 0.25) is 5.91 Å². The molecule has 4 nitrogen and oxygen atoms in total. The summed E-state index contributed by atoms with van der Waals surface area (Å²) in [5.74, 6) is 1.43. The maximum absolute atomic E-state index is 12.3. The van der Waals surface area contributed by atoms with E-state index in [-0.39, 0.29) is 11.2 Å². The van der Waals surface area contributed by atoms with Gasteiger partial charge in [0.05, 0.1) is 5.25 Å². The van der Waals surface area contributed by atoms with Crippen LogP contribution in [0.15, 0.2) is 70.3 Å². The normalized spacial score (nSPS) is 14.7. The minimum Gasteiger partial charge on any atom is -0.431 e. The molecule has 1 amide bonds. The number of amides is 1. The number of oxazole rings is 1. The van der Waals surface area contributed by atoms with Crippen molar-refractivity contribution < 1.29 is 9.21 Å². The highest BCUT2D eigenvalue weighted by Crippen LogP contribution is 2.36. The van der Waals surface area contributed by atoms with E-state index in [1.165, 1.54) is 24.6 Å². The number of carbonyl (C=O) groups is 1. The summed E-state index contributed by atoms with van der Waals surface area (Å²) in [6.07, 6.45) is 2.45. The van der Waals surface area contributed by atoms with Crippen LogP contribution < -0.4 is 5.32 Å². The van der Waals surface area contributed by atoms with Gasteiger partial charge in [-0.1, -0.05) is 72.4 Å². The van der Waals surface area contributed by atoms with Crippen LogP contribution in [0, 0.1) is 5.92 Å². The first kappa shape index (κ1) is 17.9. The zero-order valence-electron chi connectivity index (χ0n) is 15.2. The Hall–Kier alpha value is -2.53. The van der Waals surface area contributed by atoms with E-state index in [1.807, 2.05) is 67.6 Å². The molecule has 1 atom stereocenters. The predicted octanol–water partition coefficient (Wildman–Crippen LogP) is 5.02. The van der Waals surface area contributed by atoms with E-state index >= 15 is 0 Å². The summed E-state index contributed by atoms with van der Waals surface area (Å²) in [5, 5.41) is 3.28. The number of aromatic nitrogens is 1. The Bertz CT molecular complexity index is 848. The van der Waals surface area contributed by atoms with Crippen LogP contribution in [0.3, 0.4) is 0 Å². The molecule has 0 bridgehead atoms. The molecule has 1 aromatic heterocycles. The lowest BCUT2D eigenvalue weighted by atomic mass is 10.1. The van der Waals surface area contributed by atoms with Crippen molar-refractivity contribution in [3.05, 3.63) is 60.7 Å². The van der Waals surface area contributed by atoms with E-state index in [4.69, 9.17) is 9.40 Å². The summed E-state index contributed by atoms with van der Waals surface area (Å²) >= 11 is 1.36. The van der Waals surface area contributed by atoms with Crippen molar-refractivity contribution in [2.45, 2.75) is 30.2 Å². The maximum atomic E-state index is 12.3. The number of carbonyl (C=O) groups excluding carboxylic acids is 1. The second-order valence-electron chi connectivity index (χ2n) is 6.84. The van der Waals surface area contributed by atoms with Gasteiger partial charge in [-0.05, 0) is 25.7 Å². The highest BCUT2D eigenvalue weighted by Gasteiger charge is 2.25. The summed E-state index contributed by atoms with van der Waals surface area (Å²) in [6, 6.07) is 19.9. The smallest absolute Gasteiger partial charge is 0.257 e. The largest absolute Gasteiger partial charge is 0.431 e. The fourth-order valence-electron chi connectivity index (χ4n) is 2.84. The Morgan fingerprint density at radius 1 is 1.11 bits per heavy atom. The predicted molar refractivity (Wildman–Crippen MR) is 108 cm³/mol. The van der Waals surface area contributed by atoms with Crippen LogP contribution in [-0.2, 0) is 4.79 Å². The quantitative estimate of drug-likeness (QED) is 0.587. The molecular formula is C22H22N2O2S. The van der Waals surface area contributed by atoms with Crippen LogP contribution in [0.4, 0.5) is 0 Å². The summed E-state index contributed by atoms with van der Waals surface area (Å²) in [5.41, 5.74) is 2.77. The van der Waals surface area contributed by atoms with Crippen molar-refractivity contribution in [2.75, 3.05) is 6.54 Å². The molecule has 1 heterocycles. The molecule has 0 spiro atoms. The molecule has 0 aliphatic heterocycles. The van der Waals surface area contributed by atoms with Crippen LogP contribution >= 0.6 is 11.8 Å². The zero-order valence-corrected chi connectivity index (χ0v) is 16.0. The molecule has 1 N–H and O–H groups in total. The van der Waals surface area contributed by atoms with E-state index in [1.54, 1.807) is 0 Å². The highest BCUT2D eigenvalue weighted by atomic mass is 32.2. The van der Waals surface area contributed by atoms with Gasteiger partial charge in [0.25, 0.3) is 5.22 Å². The van der Waals surface area contributed by atoms with Gasteiger partial charge >= 0.3 is 0 Å². The molecule has 27 heavy (non-hydrogen) atoms. The average molecular weight is 378 g/mol. The van der Waals surface area contributed by atoms with E-state index in [0.29, 0.717) is 11.1 Å². The second-order valence-corrected chi connectivity index (χ2v) is 8.13. The van der Waals surface area contributed by atoms with Gasteiger partial charge in [-0.15, -0.1) is 0 Å². The molecule has 138 valence electrons. The zero-order chi connectivity index (χ0) is 18.6. The summed E-state index contributed by atoms with van der Waals surface area (Å²) in [4.78, 5) is 17.0. The van der Waals surface area contributed by atoms with Crippen LogP contribution in [0.2, 0.25) is 0 Å². The number of benzene rings is 2. The summed E-state index contributed by atoms with van der Waals surface area (Å²) in [7, 11) is 0. The van der Waals surface area contributed by atoms with Gasteiger partial charge in [0.1, 0.15) is 5.69 Å². The molecule has 1 aliphatic carbocycles. The Labute approximate surface area is 163 Å². The second kappa shape index (κ2) is 8.01. The van der Waals surface area contributed by atoms with Crippen molar-refractivity contribution in [2.24, 2.45) is 5.92 Å². The lowest BCUT2D eigenvalue weighted by Crippen LogP contribution is -2.32. The van der Waals surface area contributed by atoms with E-state index in [9.17, 15) is 4.79 Å². The van der Waals surface area contributed by atoms with Crippen molar-refractivity contribution in [3.63, 3.8) is 0 Å². The number of hydrogen-bond donors (Lipinski definition) is 1. The van der Waals surface area contributed by atoms with E-state index in [0.717, 1.165) is 29.1 Å². The molecule has 0 radical (unpaired) electrons. The first-order valence-electron chi connectivity index (χ1n) is 9.27. The molecular weight excluding hydrogens is 356 g/mol. The standard InChI is InChI=1S/C22H22N2O2S/c1-15(21(25)23-14-16-12-13-16)27-22-24-19(17-8-4-2-5-9-17)20(26-22)18-10-6-3-7-11-18/h2-11,15-16H,12-14H2,1H3,(H,23,25)/t15-/m1/s1. The van der Waals surface area contributed by atoms with Crippen molar-refractivity contribution in [1.29, 1.82) is 0 Å². The maximum Gasteiger partial charge on any atom is 0.257 e. The SMILES string of the molecule is C[C@@H](Sc1nc(-c2ccccc2)c(-c2ccccc2)o1)C(=O)NCC1CC1. The topological polar surface area (TPSA) is 55.1 Å². The summed E-state index contributed by atoms with van der Waals surface area (Å²) < 4.78 is 6.09. The van der Waals surface area contributed by atoms with Crippen molar-refractivity contribution >= 4 is 17.7 Å². The number of thioether (sulfide) groups is 1. The third kappa shape index (κ3) is 4.42. The fraction of sp³-hybridized carbons (Fsp3) is 0.273. The molecule has 3 aromatic rings. The lowest BCUT2D eigenvalue weighted by molar-refractivity contribution is -0.120. The molecule has 1 saturated carbocycles. The first-order valence-corrected chi connectivity index (χ1v) is 10.1. The van der Waals surface area contributed by atoms with E-state index < -0.39 is 0 Å².